The molecule has 0 aromatic carbocycles. The number of hydrogen-bond acceptors (Lipinski definition) is 7. The fourth-order valence-corrected chi connectivity index (χ4v) is 3.94. The van der Waals surface area contributed by atoms with E-state index in [4.69, 9.17) is 11.6 Å². The molecule has 1 aliphatic rings. The van der Waals surface area contributed by atoms with Gasteiger partial charge in [-0.05, 0) is 24.6 Å². The number of anilines is 1. The number of rotatable bonds is 7. The van der Waals surface area contributed by atoms with Crippen LogP contribution < -0.4 is 5.32 Å². The molecular formula is C21H21ClFN5O3. The SMILES string of the molecule is O=C(c1ccn(Cc2cccc(Cl)n2)c1)c1cncnc1N[C@@H]1CC(CO)[C@@H](O)[C@@H]1F. The summed E-state index contributed by atoms with van der Waals surface area (Å²) in [4.78, 5) is 25.3. The van der Waals surface area contributed by atoms with E-state index in [1.807, 2.05) is 6.07 Å². The number of carbonyl (C=O) groups is 1. The van der Waals surface area contributed by atoms with Crippen molar-refractivity contribution in [2.75, 3.05) is 11.9 Å². The third kappa shape index (κ3) is 4.58. The smallest absolute Gasteiger partial charge is 0.199 e. The lowest BCUT2D eigenvalue weighted by Crippen LogP contribution is -2.32. The average molecular weight is 446 g/mol. The summed E-state index contributed by atoms with van der Waals surface area (Å²) in [5.41, 5.74) is 1.35. The van der Waals surface area contributed by atoms with Crippen LogP contribution in [0, 0.1) is 5.92 Å². The van der Waals surface area contributed by atoms with Gasteiger partial charge in [-0.15, -0.1) is 0 Å². The van der Waals surface area contributed by atoms with Crippen LogP contribution >= 0.6 is 11.6 Å². The largest absolute Gasteiger partial charge is 0.396 e. The van der Waals surface area contributed by atoms with Crippen LogP contribution in [0.3, 0.4) is 0 Å². The minimum Gasteiger partial charge on any atom is -0.396 e. The molecule has 1 aliphatic carbocycles. The summed E-state index contributed by atoms with van der Waals surface area (Å²) in [7, 11) is 0. The number of nitrogens with zero attached hydrogens (tertiary/aromatic N) is 4. The number of aliphatic hydroxyl groups is 2. The summed E-state index contributed by atoms with van der Waals surface area (Å²) in [6.45, 7) is 0.126. The first-order chi connectivity index (χ1) is 15.0. The molecule has 4 rings (SSSR count). The Morgan fingerprint density at radius 1 is 1.35 bits per heavy atom. The molecule has 3 heterocycles. The Kier molecular flexibility index (Phi) is 6.26. The minimum atomic E-state index is -1.58. The second kappa shape index (κ2) is 9.09. The van der Waals surface area contributed by atoms with Gasteiger partial charge < -0.3 is 20.1 Å². The van der Waals surface area contributed by atoms with Crippen LogP contribution in [-0.2, 0) is 6.54 Å². The van der Waals surface area contributed by atoms with E-state index in [1.165, 1.54) is 12.5 Å². The minimum absolute atomic E-state index is 0.183. The Bertz CT molecular complexity index is 1080. The number of aromatic nitrogens is 4. The summed E-state index contributed by atoms with van der Waals surface area (Å²) < 4.78 is 16.2. The zero-order chi connectivity index (χ0) is 22.0. The van der Waals surface area contributed by atoms with Crippen molar-refractivity contribution >= 4 is 23.2 Å². The van der Waals surface area contributed by atoms with Gasteiger partial charge in [-0.2, -0.15) is 0 Å². The number of carbonyl (C=O) groups excluding carboxylic acids is 1. The lowest BCUT2D eigenvalue weighted by atomic mass is 10.1. The van der Waals surface area contributed by atoms with E-state index >= 15 is 0 Å². The van der Waals surface area contributed by atoms with Crippen LogP contribution in [0.5, 0.6) is 0 Å². The predicted octanol–water partition coefficient (Wildman–Crippen LogP) is 2.10. The molecule has 10 heteroatoms. The van der Waals surface area contributed by atoms with Crippen LogP contribution in [0.15, 0.2) is 49.2 Å². The molecule has 1 saturated carbocycles. The molecular weight excluding hydrogens is 425 g/mol. The predicted molar refractivity (Wildman–Crippen MR) is 112 cm³/mol. The third-order valence-electron chi connectivity index (χ3n) is 5.39. The van der Waals surface area contributed by atoms with Crippen LogP contribution in [-0.4, -0.2) is 60.4 Å². The van der Waals surface area contributed by atoms with Crippen molar-refractivity contribution in [3.05, 3.63) is 71.2 Å². The van der Waals surface area contributed by atoms with Crippen molar-refractivity contribution in [2.24, 2.45) is 5.92 Å². The first-order valence-electron chi connectivity index (χ1n) is 9.77. The van der Waals surface area contributed by atoms with E-state index in [0.29, 0.717) is 17.3 Å². The first kappa shape index (κ1) is 21.4. The molecule has 1 unspecified atom stereocenters. The lowest BCUT2D eigenvalue weighted by molar-refractivity contribution is 0.0444. The van der Waals surface area contributed by atoms with Crippen LogP contribution in [0.1, 0.15) is 28.0 Å². The van der Waals surface area contributed by atoms with Crippen LogP contribution in [0.25, 0.3) is 0 Å². The van der Waals surface area contributed by atoms with E-state index in [1.54, 1.807) is 35.2 Å². The van der Waals surface area contributed by atoms with Gasteiger partial charge in [0, 0.05) is 36.7 Å². The van der Waals surface area contributed by atoms with Gasteiger partial charge in [0.05, 0.1) is 29.9 Å². The molecule has 0 bridgehead atoms. The normalized spacial score (nSPS) is 23.1. The molecule has 0 aliphatic heterocycles. The van der Waals surface area contributed by atoms with Crippen molar-refractivity contribution in [3.8, 4) is 0 Å². The number of aliphatic hydroxyl groups excluding tert-OH is 2. The van der Waals surface area contributed by atoms with E-state index < -0.39 is 24.2 Å². The van der Waals surface area contributed by atoms with Crippen LogP contribution in [0.2, 0.25) is 5.15 Å². The summed E-state index contributed by atoms with van der Waals surface area (Å²) in [5, 5.41) is 22.5. The number of ketones is 1. The molecule has 0 spiro atoms. The molecule has 3 aromatic rings. The molecule has 0 radical (unpaired) electrons. The summed E-state index contributed by atoms with van der Waals surface area (Å²) >= 11 is 5.92. The second-order valence-corrected chi connectivity index (χ2v) is 7.89. The molecule has 8 nitrogen and oxygen atoms in total. The maximum absolute atomic E-state index is 14.4. The van der Waals surface area contributed by atoms with E-state index in [9.17, 15) is 19.4 Å². The lowest BCUT2D eigenvalue weighted by Gasteiger charge is -2.18. The Hall–Kier alpha value is -2.88. The van der Waals surface area contributed by atoms with Gasteiger partial charge in [-0.25, -0.2) is 19.3 Å². The van der Waals surface area contributed by atoms with Gasteiger partial charge in [-0.1, -0.05) is 17.7 Å². The van der Waals surface area contributed by atoms with Crippen molar-refractivity contribution in [3.63, 3.8) is 0 Å². The summed E-state index contributed by atoms with van der Waals surface area (Å²) in [6.07, 6.45) is 3.44. The number of alkyl halides is 1. The maximum atomic E-state index is 14.4. The molecule has 162 valence electrons. The summed E-state index contributed by atoms with van der Waals surface area (Å²) in [5.74, 6) is -0.709. The standard InChI is InChI=1S/C21H21ClFN5O3/c22-17-3-1-2-14(26-17)9-28-5-4-12(8-28)19(30)15-7-24-11-25-21(15)27-16-6-13(10-29)20(31)18(16)23/h1-5,7-8,11,13,16,18,20,29,31H,6,9-10H2,(H,24,25,27)/t13?,16-,18-,20-/m1/s1. The van der Waals surface area contributed by atoms with Crippen molar-refractivity contribution < 1.29 is 19.4 Å². The van der Waals surface area contributed by atoms with Gasteiger partial charge in [0.15, 0.2) is 5.78 Å². The van der Waals surface area contributed by atoms with Crippen LogP contribution in [0.4, 0.5) is 10.2 Å². The van der Waals surface area contributed by atoms with Gasteiger partial charge in [0.2, 0.25) is 0 Å². The molecule has 0 saturated heterocycles. The molecule has 0 amide bonds. The Morgan fingerprint density at radius 3 is 2.94 bits per heavy atom. The Morgan fingerprint density at radius 2 is 2.19 bits per heavy atom. The number of halogens is 2. The number of pyridine rings is 1. The van der Waals surface area contributed by atoms with E-state index in [2.05, 4.69) is 20.3 Å². The van der Waals surface area contributed by atoms with Gasteiger partial charge in [0.1, 0.15) is 23.5 Å². The monoisotopic (exact) mass is 445 g/mol. The van der Waals surface area contributed by atoms with Gasteiger partial charge >= 0.3 is 0 Å². The van der Waals surface area contributed by atoms with Gasteiger partial charge in [0.25, 0.3) is 0 Å². The molecule has 3 N–H and O–H groups in total. The molecule has 1 fully saturated rings. The van der Waals surface area contributed by atoms with E-state index in [0.717, 1.165) is 5.69 Å². The molecule has 31 heavy (non-hydrogen) atoms. The zero-order valence-electron chi connectivity index (χ0n) is 16.4. The summed E-state index contributed by atoms with van der Waals surface area (Å²) in [6, 6.07) is 6.23. The molecule has 4 atom stereocenters. The highest BCUT2D eigenvalue weighted by atomic mass is 35.5. The Balaban J connectivity index is 1.52. The van der Waals surface area contributed by atoms with Crippen molar-refractivity contribution in [1.29, 1.82) is 0 Å². The highest BCUT2D eigenvalue weighted by Gasteiger charge is 2.43. The highest BCUT2D eigenvalue weighted by Crippen LogP contribution is 2.31. The fraction of sp³-hybridized carbons (Fsp3) is 0.333. The quantitative estimate of drug-likeness (QED) is 0.377. The topological polar surface area (TPSA) is 113 Å². The zero-order valence-corrected chi connectivity index (χ0v) is 17.2. The Labute approximate surface area is 182 Å². The first-order valence-corrected chi connectivity index (χ1v) is 10.2. The highest BCUT2D eigenvalue weighted by molar-refractivity contribution is 6.29. The second-order valence-electron chi connectivity index (χ2n) is 7.50. The van der Waals surface area contributed by atoms with Crippen molar-refractivity contribution in [2.45, 2.75) is 31.3 Å². The van der Waals surface area contributed by atoms with Crippen molar-refractivity contribution in [1.82, 2.24) is 19.5 Å². The number of nitrogens with one attached hydrogen (secondary N) is 1. The van der Waals surface area contributed by atoms with E-state index in [-0.39, 0.29) is 30.2 Å². The average Bonchev–Trinajstić information content (AvgIpc) is 3.33. The maximum Gasteiger partial charge on any atom is 0.199 e. The van der Waals surface area contributed by atoms with Gasteiger partial charge in [-0.3, -0.25) is 4.79 Å². The fourth-order valence-electron chi connectivity index (χ4n) is 3.76. The number of hydrogen-bond donors (Lipinski definition) is 3. The molecule has 3 aromatic heterocycles. The third-order valence-corrected chi connectivity index (χ3v) is 5.60.